The van der Waals surface area contributed by atoms with Crippen LogP contribution in [0.4, 0.5) is 20.6 Å². The summed E-state index contributed by atoms with van der Waals surface area (Å²) in [6.07, 6.45) is 2.24. The van der Waals surface area contributed by atoms with Crippen LogP contribution in [0.2, 0.25) is 0 Å². The number of aromatic amines is 1. The molecule has 3 aliphatic rings. The Kier molecular flexibility index (Phi) is 6.95. The molecule has 3 fully saturated rings. The van der Waals surface area contributed by atoms with Gasteiger partial charge in [0.2, 0.25) is 5.91 Å². The number of piperazine rings is 1. The van der Waals surface area contributed by atoms with Crippen LogP contribution in [0.1, 0.15) is 23.2 Å². The zero-order valence-electron chi connectivity index (χ0n) is 21.5. The van der Waals surface area contributed by atoms with Gasteiger partial charge in [-0.1, -0.05) is 15.9 Å². The van der Waals surface area contributed by atoms with Crippen molar-refractivity contribution in [2.75, 3.05) is 49.1 Å². The molecule has 1 aromatic heterocycles. The van der Waals surface area contributed by atoms with Gasteiger partial charge >= 0.3 is 6.09 Å². The molecule has 3 amide bonds. The highest BCUT2D eigenvalue weighted by Crippen LogP contribution is 2.30. The van der Waals surface area contributed by atoms with E-state index in [0.717, 1.165) is 22.8 Å². The number of H-pyrrole nitrogens is 1. The van der Waals surface area contributed by atoms with Crippen LogP contribution in [-0.2, 0) is 14.3 Å². The van der Waals surface area contributed by atoms with Gasteiger partial charge in [-0.3, -0.25) is 19.3 Å². The first kappa shape index (κ1) is 26.3. The summed E-state index contributed by atoms with van der Waals surface area (Å²) in [5.41, 5.74) is 1.80. The van der Waals surface area contributed by atoms with Crippen LogP contribution in [0.15, 0.2) is 47.1 Å². The second-order valence-corrected chi connectivity index (χ2v) is 11.2. The van der Waals surface area contributed by atoms with Crippen molar-refractivity contribution in [2.24, 2.45) is 5.92 Å². The number of Topliss-reactive ketones (excluding diaryl/α,β-unsaturated/α-hetero) is 1. The van der Waals surface area contributed by atoms with Crippen LogP contribution < -0.4 is 15.1 Å². The summed E-state index contributed by atoms with van der Waals surface area (Å²) in [5.74, 6) is -1.64. The van der Waals surface area contributed by atoms with E-state index in [4.69, 9.17) is 4.74 Å². The largest absolute Gasteiger partial charge is 0.442 e. The van der Waals surface area contributed by atoms with E-state index in [1.807, 2.05) is 17.0 Å². The fourth-order valence-corrected chi connectivity index (χ4v) is 5.51. The lowest BCUT2D eigenvalue weighted by atomic mass is 10.1. The molecule has 1 aliphatic carbocycles. The number of anilines is 2. The van der Waals surface area contributed by atoms with Crippen LogP contribution in [0.3, 0.4) is 0 Å². The number of carbonyl (C=O) groups is 4. The summed E-state index contributed by atoms with van der Waals surface area (Å²) in [6.45, 7) is 1.67. The van der Waals surface area contributed by atoms with Crippen LogP contribution in [0.25, 0.3) is 10.9 Å². The second-order valence-electron chi connectivity index (χ2n) is 10.3. The molecule has 0 bridgehead atoms. The van der Waals surface area contributed by atoms with E-state index in [1.54, 1.807) is 24.4 Å². The third-order valence-corrected chi connectivity index (χ3v) is 8.05. The van der Waals surface area contributed by atoms with Gasteiger partial charge < -0.3 is 24.8 Å². The molecule has 1 atom stereocenters. The number of aromatic nitrogens is 1. The first-order chi connectivity index (χ1) is 19.3. The molecule has 3 heterocycles. The number of carbonyl (C=O) groups excluding carboxylic acids is 4. The van der Waals surface area contributed by atoms with Crippen LogP contribution in [0, 0.1) is 11.7 Å². The van der Waals surface area contributed by atoms with Gasteiger partial charge in [0.1, 0.15) is 11.9 Å². The lowest BCUT2D eigenvalue weighted by Crippen LogP contribution is -2.50. The Morgan fingerprint density at radius 3 is 2.58 bits per heavy atom. The van der Waals surface area contributed by atoms with Crippen molar-refractivity contribution in [3.05, 3.63) is 58.4 Å². The Labute approximate surface area is 237 Å². The van der Waals surface area contributed by atoms with E-state index in [0.29, 0.717) is 35.4 Å². The third-order valence-electron chi connectivity index (χ3n) is 7.56. The van der Waals surface area contributed by atoms with Crippen molar-refractivity contribution in [3.63, 3.8) is 0 Å². The fraction of sp³-hybridized carbons (Fsp3) is 0.357. The number of rotatable bonds is 7. The predicted octanol–water partition coefficient (Wildman–Crippen LogP) is 3.45. The number of nitrogens with zero attached hydrogens (tertiary/aromatic N) is 3. The second kappa shape index (κ2) is 10.6. The molecule has 1 saturated carbocycles. The lowest BCUT2D eigenvalue weighted by Gasteiger charge is -2.36. The lowest BCUT2D eigenvalue weighted by molar-refractivity contribution is -0.126. The van der Waals surface area contributed by atoms with Gasteiger partial charge in [-0.2, -0.15) is 0 Å². The molecule has 0 spiro atoms. The first-order valence-electron chi connectivity index (χ1n) is 13.2. The summed E-state index contributed by atoms with van der Waals surface area (Å²) in [6, 6.07) is 10.0. The van der Waals surface area contributed by atoms with Crippen molar-refractivity contribution in [2.45, 2.75) is 18.9 Å². The third kappa shape index (κ3) is 5.15. The number of benzene rings is 2. The molecule has 6 rings (SSSR count). The SMILES string of the molecule is O=C(C(=O)N1CCN(c2ccc(N3C[C@H](CNC(=O)C4CC4)OC3=O)cc2F)CC1)c1c[nH]c2ccc(Br)cc12. The molecular weight excluding hydrogens is 585 g/mol. The molecule has 0 radical (unpaired) electrons. The average molecular weight is 612 g/mol. The molecular formula is C28H27BrFN5O5. The van der Waals surface area contributed by atoms with Gasteiger partial charge in [0.05, 0.1) is 30.0 Å². The van der Waals surface area contributed by atoms with Crippen LogP contribution >= 0.6 is 15.9 Å². The molecule has 0 unspecified atom stereocenters. The maximum Gasteiger partial charge on any atom is 0.414 e. The molecule has 208 valence electrons. The molecule has 2 aliphatic heterocycles. The van der Waals surface area contributed by atoms with E-state index in [-0.39, 0.29) is 38.0 Å². The van der Waals surface area contributed by atoms with Gasteiger partial charge in [-0.05, 0) is 49.2 Å². The minimum atomic E-state index is -0.591. The number of hydrogen-bond donors (Lipinski definition) is 2. The van der Waals surface area contributed by atoms with Gasteiger partial charge in [-0.15, -0.1) is 0 Å². The quantitative estimate of drug-likeness (QED) is 0.312. The van der Waals surface area contributed by atoms with Crippen LogP contribution in [-0.4, -0.2) is 78.9 Å². The number of ether oxygens (including phenoxy) is 1. The number of fused-ring (bicyclic) bond motifs is 1. The zero-order valence-corrected chi connectivity index (χ0v) is 23.1. The summed E-state index contributed by atoms with van der Waals surface area (Å²) in [4.78, 5) is 57.9. The molecule has 2 N–H and O–H groups in total. The highest BCUT2D eigenvalue weighted by atomic mass is 79.9. The Morgan fingerprint density at radius 1 is 1.07 bits per heavy atom. The number of hydrogen-bond acceptors (Lipinski definition) is 6. The van der Waals surface area contributed by atoms with Crippen LogP contribution in [0.5, 0.6) is 0 Å². The Hall–Kier alpha value is -3.93. The summed E-state index contributed by atoms with van der Waals surface area (Å²) < 4.78 is 21.3. The molecule has 2 saturated heterocycles. The van der Waals surface area contributed by atoms with Crippen molar-refractivity contribution in [3.8, 4) is 0 Å². The van der Waals surface area contributed by atoms with Crippen molar-refractivity contribution in [1.29, 1.82) is 0 Å². The maximum absolute atomic E-state index is 15.2. The number of amides is 3. The average Bonchev–Trinajstić information content (AvgIpc) is 3.63. The molecule has 12 heteroatoms. The highest BCUT2D eigenvalue weighted by Gasteiger charge is 2.35. The highest BCUT2D eigenvalue weighted by molar-refractivity contribution is 9.10. The maximum atomic E-state index is 15.2. The fourth-order valence-electron chi connectivity index (χ4n) is 5.15. The van der Waals surface area contributed by atoms with E-state index in [1.165, 1.54) is 15.9 Å². The normalized spacial score (nSPS) is 19.2. The summed E-state index contributed by atoms with van der Waals surface area (Å²) in [5, 5.41) is 3.47. The van der Waals surface area contributed by atoms with Crippen molar-refractivity contribution >= 4 is 61.9 Å². The van der Waals surface area contributed by atoms with Crippen molar-refractivity contribution in [1.82, 2.24) is 15.2 Å². The number of ketones is 1. The monoisotopic (exact) mass is 611 g/mol. The number of cyclic esters (lactones) is 1. The van der Waals surface area contributed by atoms with E-state index >= 15 is 4.39 Å². The Bertz CT molecular complexity index is 1510. The van der Waals surface area contributed by atoms with Gasteiger partial charge in [0.25, 0.3) is 11.7 Å². The van der Waals surface area contributed by atoms with Crippen molar-refractivity contribution < 1.29 is 28.3 Å². The first-order valence-corrected chi connectivity index (χ1v) is 14.0. The zero-order chi connectivity index (χ0) is 28.0. The van der Waals surface area contributed by atoms with E-state index < -0.39 is 29.7 Å². The smallest absolute Gasteiger partial charge is 0.414 e. The predicted molar refractivity (Wildman–Crippen MR) is 149 cm³/mol. The Balaban J connectivity index is 1.06. The minimum absolute atomic E-state index is 0.0257. The van der Waals surface area contributed by atoms with Gasteiger partial charge in [0.15, 0.2) is 0 Å². The Morgan fingerprint density at radius 2 is 1.85 bits per heavy atom. The molecule has 40 heavy (non-hydrogen) atoms. The topological polar surface area (TPSA) is 115 Å². The summed E-state index contributed by atoms with van der Waals surface area (Å²) in [7, 11) is 0. The van der Waals surface area contributed by atoms with E-state index in [9.17, 15) is 19.2 Å². The molecule has 10 nitrogen and oxygen atoms in total. The van der Waals surface area contributed by atoms with E-state index in [2.05, 4.69) is 26.2 Å². The van der Waals surface area contributed by atoms with Gasteiger partial charge in [-0.25, -0.2) is 9.18 Å². The number of halogens is 2. The minimum Gasteiger partial charge on any atom is -0.442 e. The molecule has 2 aromatic carbocycles. The summed E-state index contributed by atoms with van der Waals surface area (Å²) >= 11 is 3.40. The molecule has 3 aromatic rings. The van der Waals surface area contributed by atoms with Gasteiger partial charge in [0, 0.05) is 53.7 Å². The standard InChI is InChI=1S/C28H27BrFN5O5/c29-17-3-5-23-20(11-17)21(14-31-23)25(36)27(38)34-9-7-33(8-10-34)24-6-4-18(12-22(24)30)35-15-19(40-28(35)39)13-32-26(37)16-1-2-16/h3-6,11-12,14,16,19,31H,1-2,7-10,13,15H2,(H,32,37)/t19-/m0/s1. The number of nitrogens with one attached hydrogen (secondary N) is 2.